The molecule has 0 aliphatic carbocycles. The number of rotatable bonds is 7. The molecule has 1 fully saturated rings. The fraction of sp³-hybridized carbons (Fsp3) is 0.214. The van der Waals surface area contributed by atoms with Crippen molar-refractivity contribution in [1.82, 2.24) is 9.47 Å². The fourth-order valence-electron chi connectivity index (χ4n) is 4.34. The average Bonchev–Trinajstić information content (AvgIpc) is 3.27. The van der Waals surface area contributed by atoms with Gasteiger partial charge in [0, 0.05) is 35.2 Å². The number of hydrogen-bond donors (Lipinski definition) is 0. The Bertz CT molecular complexity index is 1350. The minimum Gasteiger partial charge on any atom is -0.491 e. The van der Waals surface area contributed by atoms with Crippen LogP contribution in [0.3, 0.4) is 0 Å². The van der Waals surface area contributed by atoms with Crippen molar-refractivity contribution in [3.05, 3.63) is 101 Å². The minimum absolute atomic E-state index is 0.301. The van der Waals surface area contributed by atoms with Crippen molar-refractivity contribution >= 4 is 34.2 Å². The first kappa shape index (κ1) is 23.1. The fourth-order valence-corrected chi connectivity index (χ4v) is 4.53. The van der Waals surface area contributed by atoms with E-state index in [2.05, 4.69) is 0 Å². The number of nitrogens with zero attached hydrogens (tertiary/aromatic N) is 2. The van der Waals surface area contributed by atoms with Crippen LogP contribution in [0.5, 0.6) is 5.75 Å². The van der Waals surface area contributed by atoms with Gasteiger partial charge in [0.05, 0.1) is 18.7 Å². The summed E-state index contributed by atoms with van der Waals surface area (Å²) in [5.41, 5.74) is 2.20. The van der Waals surface area contributed by atoms with Gasteiger partial charge in [-0.15, -0.1) is 0 Å². The molecule has 35 heavy (non-hydrogen) atoms. The Morgan fingerprint density at radius 2 is 1.71 bits per heavy atom. The van der Waals surface area contributed by atoms with Crippen LogP contribution in [0.25, 0.3) is 10.9 Å². The largest absolute Gasteiger partial charge is 0.491 e. The van der Waals surface area contributed by atoms with Crippen molar-refractivity contribution < 1.29 is 19.1 Å². The number of ketones is 1. The number of ether oxygens (including phenoxy) is 2. The number of fused-ring (bicyclic) bond motifs is 1. The van der Waals surface area contributed by atoms with Gasteiger partial charge >= 0.3 is 0 Å². The first-order chi connectivity index (χ1) is 17.1. The van der Waals surface area contributed by atoms with Gasteiger partial charge < -0.3 is 18.9 Å². The summed E-state index contributed by atoms with van der Waals surface area (Å²) >= 11 is 6.36. The molecule has 4 aromatic rings. The molecule has 0 radical (unpaired) electrons. The van der Waals surface area contributed by atoms with E-state index in [1.54, 1.807) is 11.1 Å². The molecule has 1 saturated heterocycles. The third-order valence-corrected chi connectivity index (χ3v) is 6.50. The molecule has 5 rings (SSSR count). The summed E-state index contributed by atoms with van der Waals surface area (Å²) in [5.74, 6) is -0.315. The van der Waals surface area contributed by atoms with E-state index in [0.29, 0.717) is 43.4 Å². The van der Waals surface area contributed by atoms with Crippen LogP contribution in [0.15, 0.2) is 85.1 Å². The molecule has 1 aliphatic heterocycles. The molecule has 6 nitrogen and oxygen atoms in total. The highest BCUT2D eigenvalue weighted by atomic mass is 35.5. The number of carbonyl (C=O) groups is 2. The number of morpholine rings is 1. The van der Waals surface area contributed by atoms with E-state index in [-0.39, 0.29) is 6.10 Å². The predicted molar refractivity (Wildman–Crippen MR) is 135 cm³/mol. The average molecular weight is 489 g/mol. The third kappa shape index (κ3) is 5.09. The summed E-state index contributed by atoms with van der Waals surface area (Å²) < 4.78 is 13.5. The molecule has 1 aliphatic rings. The molecule has 0 saturated carbocycles. The van der Waals surface area contributed by atoms with E-state index in [9.17, 15) is 9.59 Å². The standard InChI is InChI=1S/C28H25ClN2O4/c29-25-12-6-4-8-20(25)16-31-18-24(23-11-5-7-13-26(23)31)27(32)28(33)30-14-15-34-22(17-30)19-35-21-9-2-1-3-10-21/h1-13,18,22H,14-17,19H2. The van der Waals surface area contributed by atoms with Gasteiger partial charge in [-0.05, 0) is 29.8 Å². The number of Topliss-reactive ketones (excluding diaryl/α,β-unsaturated/α-hetero) is 1. The second-order valence-corrected chi connectivity index (χ2v) is 8.88. The Labute approximate surface area is 208 Å². The first-order valence-corrected chi connectivity index (χ1v) is 11.9. The number of aromatic nitrogens is 1. The summed E-state index contributed by atoms with van der Waals surface area (Å²) in [6, 6.07) is 24.7. The zero-order chi connectivity index (χ0) is 24.2. The van der Waals surface area contributed by atoms with Crippen molar-refractivity contribution in [2.24, 2.45) is 0 Å². The van der Waals surface area contributed by atoms with Crippen molar-refractivity contribution in [2.45, 2.75) is 12.6 Å². The lowest BCUT2D eigenvalue weighted by molar-refractivity contribution is -0.135. The predicted octanol–water partition coefficient (Wildman–Crippen LogP) is 4.83. The van der Waals surface area contributed by atoms with Crippen LogP contribution in [0, 0.1) is 0 Å². The Morgan fingerprint density at radius 3 is 2.54 bits per heavy atom. The van der Waals surface area contributed by atoms with Gasteiger partial charge in [-0.3, -0.25) is 9.59 Å². The lowest BCUT2D eigenvalue weighted by Crippen LogP contribution is -2.49. The summed E-state index contributed by atoms with van der Waals surface area (Å²) in [5, 5.41) is 1.40. The Kier molecular flexibility index (Phi) is 6.84. The number of hydrogen-bond acceptors (Lipinski definition) is 4. The number of carbonyl (C=O) groups excluding carboxylic acids is 2. The SMILES string of the molecule is O=C(C(=O)N1CCOC(COc2ccccc2)C1)c1cn(Cc2ccccc2Cl)c2ccccc12. The summed E-state index contributed by atoms with van der Waals surface area (Å²) in [6.45, 7) is 1.83. The summed E-state index contributed by atoms with van der Waals surface area (Å²) in [4.78, 5) is 28.2. The van der Waals surface area contributed by atoms with E-state index >= 15 is 0 Å². The molecule has 1 aromatic heterocycles. The Morgan fingerprint density at radius 1 is 0.971 bits per heavy atom. The van der Waals surface area contributed by atoms with Crippen LogP contribution < -0.4 is 4.74 Å². The maximum Gasteiger partial charge on any atom is 0.295 e. The molecule has 0 spiro atoms. The van der Waals surface area contributed by atoms with E-state index in [1.165, 1.54) is 0 Å². The molecular weight excluding hydrogens is 464 g/mol. The molecule has 2 heterocycles. The molecule has 1 amide bonds. The molecule has 178 valence electrons. The van der Waals surface area contributed by atoms with Crippen LogP contribution in [0.4, 0.5) is 0 Å². The van der Waals surface area contributed by atoms with E-state index in [1.807, 2.05) is 83.4 Å². The molecule has 0 bridgehead atoms. The van der Waals surface area contributed by atoms with Gasteiger partial charge in [0.2, 0.25) is 0 Å². The molecule has 7 heteroatoms. The summed E-state index contributed by atoms with van der Waals surface area (Å²) in [6.07, 6.45) is 1.45. The highest BCUT2D eigenvalue weighted by molar-refractivity contribution is 6.44. The maximum atomic E-state index is 13.4. The molecule has 0 N–H and O–H groups in total. The van der Waals surface area contributed by atoms with Gasteiger partial charge in [-0.1, -0.05) is 66.2 Å². The first-order valence-electron chi connectivity index (χ1n) is 11.5. The van der Waals surface area contributed by atoms with Gasteiger partial charge in [-0.25, -0.2) is 0 Å². The monoisotopic (exact) mass is 488 g/mol. The van der Waals surface area contributed by atoms with Crippen LogP contribution in [-0.2, 0) is 16.1 Å². The van der Waals surface area contributed by atoms with Crippen molar-refractivity contribution in [1.29, 1.82) is 0 Å². The van der Waals surface area contributed by atoms with Gasteiger partial charge in [0.15, 0.2) is 0 Å². The van der Waals surface area contributed by atoms with Gasteiger partial charge in [0.1, 0.15) is 18.5 Å². The number of benzene rings is 3. The quantitative estimate of drug-likeness (QED) is 0.276. The van der Waals surface area contributed by atoms with Crippen LogP contribution in [0.2, 0.25) is 5.02 Å². The zero-order valence-corrected chi connectivity index (χ0v) is 19.9. The lowest BCUT2D eigenvalue weighted by Gasteiger charge is -2.32. The highest BCUT2D eigenvalue weighted by Gasteiger charge is 2.31. The summed E-state index contributed by atoms with van der Waals surface area (Å²) in [7, 11) is 0. The third-order valence-electron chi connectivity index (χ3n) is 6.13. The smallest absolute Gasteiger partial charge is 0.295 e. The van der Waals surface area contributed by atoms with Gasteiger partial charge in [-0.2, -0.15) is 0 Å². The number of para-hydroxylation sites is 2. The van der Waals surface area contributed by atoms with Crippen LogP contribution >= 0.6 is 11.6 Å². The maximum absolute atomic E-state index is 13.4. The van der Waals surface area contributed by atoms with Crippen molar-refractivity contribution in [3.8, 4) is 5.75 Å². The van der Waals surface area contributed by atoms with Crippen molar-refractivity contribution in [3.63, 3.8) is 0 Å². The molecule has 1 unspecified atom stereocenters. The number of amides is 1. The molecule has 3 aromatic carbocycles. The molecular formula is C28H25ClN2O4. The Balaban J connectivity index is 1.33. The lowest BCUT2D eigenvalue weighted by atomic mass is 10.1. The van der Waals surface area contributed by atoms with Crippen LogP contribution in [-0.4, -0.2) is 53.6 Å². The normalized spacial score (nSPS) is 15.8. The van der Waals surface area contributed by atoms with Crippen molar-refractivity contribution in [2.75, 3.05) is 26.3 Å². The molecule has 1 atom stereocenters. The Hall–Kier alpha value is -3.61. The van der Waals surface area contributed by atoms with Crippen LogP contribution in [0.1, 0.15) is 15.9 Å². The minimum atomic E-state index is -0.529. The topological polar surface area (TPSA) is 60.8 Å². The zero-order valence-electron chi connectivity index (χ0n) is 19.1. The van der Waals surface area contributed by atoms with Gasteiger partial charge in [0.25, 0.3) is 11.7 Å². The second-order valence-electron chi connectivity index (χ2n) is 8.48. The highest BCUT2D eigenvalue weighted by Crippen LogP contribution is 2.25. The second kappa shape index (κ2) is 10.3. The van der Waals surface area contributed by atoms with E-state index in [0.717, 1.165) is 22.2 Å². The number of halogens is 1. The van der Waals surface area contributed by atoms with E-state index in [4.69, 9.17) is 21.1 Å². The van der Waals surface area contributed by atoms with E-state index < -0.39 is 11.7 Å².